The zero-order valence-electron chi connectivity index (χ0n) is 15.6. The van der Waals surface area contributed by atoms with E-state index in [-0.39, 0.29) is 28.5 Å². The number of nitro benzene ring substituents is 1. The Morgan fingerprint density at radius 2 is 1.90 bits per heavy atom. The highest BCUT2D eigenvalue weighted by Gasteiger charge is 2.33. The van der Waals surface area contributed by atoms with Gasteiger partial charge in [0.05, 0.1) is 16.2 Å². The molecular formula is C19H16N6O4. The molecule has 0 saturated carbocycles. The van der Waals surface area contributed by atoms with E-state index in [9.17, 15) is 14.9 Å². The molecule has 10 heteroatoms. The van der Waals surface area contributed by atoms with E-state index in [0.29, 0.717) is 16.9 Å². The number of aromatic nitrogens is 4. The molecule has 146 valence electrons. The number of benzene rings is 2. The number of hydrogen-bond acceptors (Lipinski definition) is 5. The molecule has 0 radical (unpaired) electrons. The molecule has 0 aliphatic rings. The van der Waals surface area contributed by atoms with Crippen molar-refractivity contribution >= 4 is 11.6 Å². The molecule has 0 aliphatic carbocycles. The molecule has 2 aromatic carbocycles. The Morgan fingerprint density at radius 3 is 2.59 bits per heavy atom. The Kier molecular flexibility index (Phi) is 4.23. The Bertz CT molecular complexity index is 1290. The van der Waals surface area contributed by atoms with E-state index in [0.717, 1.165) is 0 Å². The van der Waals surface area contributed by atoms with Crippen LogP contribution in [-0.4, -0.2) is 19.6 Å². The fourth-order valence-electron chi connectivity index (χ4n) is 3.23. The minimum atomic E-state index is -0.527. The summed E-state index contributed by atoms with van der Waals surface area (Å²) < 4.78 is 9.40. The third kappa shape index (κ3) is 2.87. The van der Waals surface area contributed by atoms with Crippen LogP contribution in [0, 0.1) is 17.0 Å². The molecule has 29 heavy (non-hydrogen) atoms. The lowest BCUT2D eigenvalue weighted by molar-refractivity contribution is -0.661. The minimum Gasteiger partial charge on any atom is -0.660 e. The second-order valence-corrected chi connectivity index (χ2v) is 6.38. The highest BCUT2D eigenvalue weighted by molar-refractivity contribution is 5.69. The van der Waals surface area contributed by atoms with Crippen LogP contribution in [0.25, 0.3) is 28.4 Å². The lowest BCUT2D eigenvalue weighted by atomic mass is 10.1. The van der Waals surface area contributed by atoms with Gasteiger partial charge in [-0.2, -0.15) is 0 Å². The van der Waals surface area contributed by atoms with Gasteiger partial charge >= 0.3 is 11.2 Å². The summed E-state index contributed by atoms with van der Waals surface area (Å²) in [6.45, 7) is 1.75. The molecule has 4 rings (SSSR count). The largest absolute Gasteiger partial charge is 0.660 e. The SMILES string of the molecule is Cc1c(-[n+]2noc([NH-])c2-c2cccc([N+](=O)[O-])c2)c(=O)n(-c2ccccc2)n1C. The van der Waals surface area contributed by atoms with Crippen molar-refractivity contribution in [3.05, 3.63) is 86.5 Å². The van der Waals surface area contributed by atoms with Crippen LogP contribution in [0.15, 0.2) is 63.9 Å². The van der Waals surface area contributed by atoms with Crippen molar-refractivity contribution in [2.24, 2.45) is 7.05 Å². The molecule has 0 aliphatic heterocycles. The van der Waals surface area contributed by atoms with Crippen LogP contribution in [0.3, 0.4) is 0 Å². The zero-order valence-corrected chi connectivity index (χ0v) is 15.6. The normalized spacial score (nSPS) is 11.0. The topological polar surface area (TPSA) is 124 Å². The second kappa shape index (κ2) is 6.75. The lowest BCUT2D eigenvalue weighted by Gasteiger charge is -2.06. The average molecular weight is 392 g/mol. The van der Waals surface area contributed by atoms with Gasteiger partial charge in [-0.05, 0) is 29.8 Å². The molecule has 2 heterocycles. The van der Waals surface area contributed by atoms with Crippen LogP contribution in [0.1, 0.15) is 5.69 Å². The summed E-state index contributed by atoms with van der Waals surface area (Å²) in [6, 6.07) is 14.9. The Balaban J connectivity index is 1.96. The van der Waals surface area contributed by atoms with Crippen LogP contribution >= 0.6 is 0 Å². The molecule has 0 bridgehead atoms. The first kappa shape index (κ1) is 18.2. The first-order valence-corrected chi connectivity index (χ1v) is 8.63. The number of nitrogens with one attached hydrogen (secondary N) is 1. The van der Waals surface area contributed by atoms with Gasteiger partial charge in [0.25, 0.3) is 11.4 Å². The molecule has 0 unspecified atom stereocenters. The smallest absolute Gasteiger partial charge is 0.346 e. The molecular weight excluding hydrogens is 376 g/mol. The maximum Gasteiger partial charge on any atom is 0.346 e. The van der Waals surface area contributed by atoms with Gasteiger partial charge < -0.3 is 10.3 Å². The fraction of sp³-hybridized carbons (Fsp3) is 0.105. The van der Waals surface area contributed by atoms with Crippen molar-refractivity contribution in [2.75, 3.05) is 0 Å². The van der Waals surface area contributed by atoms with Crippen LogP contribution in [0.5, 0.6) is 0 Å². The average Bonchev–Trinajstić information content (AvgIpc) is 3.19. The minimum absolute atomic E-state index is 0.138. The van der Waals surface area contributed by atoms with Crippen molar-refractivity contribution in [3.63, 3.8) is 0 Å². The summed E-state index contributed by atoms with van der Waals surface area (Å²) in [4.78, 5) is 23.9. The predicted molar refractivity (Wildman–Crippen MR) is 103 cm³/mol. The molecule has 0 amide bonds. The van der Waals surface area contributed by atoms with Gasteiger partial charge in [0.15, 0.2) is 0 Å². The molecule has 0 atom stereocenters. The molecule has 4 aromatic rings. The van der Waals surface area contributed by atoms with Gasteiger partial charge in [-0.15, -0.1) is 0 Å². The van der Waals surface area contributed by atoms with Crippen molar-refractivity contribution < 1.29 is 14.1 Å². The lowest BCUT2D eigenvalue weighted by Crippen LogP contribution is -2.40. The van der Waals surface area contributed by atoms with E-state index < -0.39 is 4.92 Å². The quantitative estimate of drug-likeness (QED) is 0.300. The summed E-state index contributed by atoms with van der Waals surface area (Å²) in [5.74, 6) is -0.306. The highest BCUT2D eigenvalue weighted by Crippen LogP contribution is 2.29. The predicted octanol–water partition coefficient (Wildman–Crippen LogP) is 3.01. The molecule has 10 nitrogen and oxygen atoms in total. The third-order valence-corrected chi connectivity index (χ3v) is 4.71. The number of nitrogens with zero attached hydrogens (tertiary/aromatic N) is 5. The molecule has 2 aromatic heterocycles. The van der Waals surface area contributed by atoms with Gasteiger partial charge in [0.1, 0.15) is 11.6 Å². The van der Waals surface area contributed by atoms with Crippen LogP contribution in [0.4, 0.5) is 11.6 Å². The first-order chi connectivity index (χ1) is 13.9. The summed E-state index contributed by atoms with van der Waals surface area (Å²) in [6.07, 6.45) is 0. The van der Waals surface area contributed by atoms with Crippen molar-refractivity contribution in [3.8, 4) is 22.6 Å². The van der Waals surface area contributed by atoms with Gasteiger partial charge in [-0.3, -0.25) is 19.6 Å². The molecule has 0 spiro atoms. The van der Waals surface area contributed by atoms with Crippen molar-refractivity contribution in [2.45, 2.75) is 6.92 Å². The molecule has 0 saturated heterocycles. The fourth-order valence-corrected chi connectivity index (χ4v) is 3.23. The van der Waals surface area contributed by atoms with E-state index in [2.05, 4.69) is 5.27 Å². The van der Waals surface area contributed by atoms with E-state index in [1.54, 1.807) is 36.9 Å². The Hall–Kier alpha value is -4.21. The highest BCUT2D eigenvalue weighted by atomic mass is 16.6. The van der Waals surface area contributed by atoms with E-state index in [4.69, 9.17) is 10.3 Å². The Morgan fingerprint density at radius 1 is 1.17 bits per heavy atom. The summed E-state index contributed by atoms with van der Waals surface area (Å²) in [5.41, 5.74) is 9.54. The van der Waals surface area contributed by atoms with Crippen molar-refractivity contribution in [1.29, 1.82) is 0 Å². The van der Waals surface area contributed by atoms with Crippen LogP contribution in [-0.2, 0) is 7.05 Å². The van der Waals surface area contributed by atoms with Gasteiger partial charge in [0.2, 0.25) is 5.27 Å². The van der Waals surface area contributed by atoms with E-state index in [1.165, 1.54) is 27.6 Å². The third-order valence-electron chi connectivity index (χ3n) is 4.71. The number of rotatable bonds is 4. The Labute approximate surface area is 164 Å². The zero-order chi connectivity index (χ0) is 20.7. The second-order valence-electron chi connectivity index (χ2n) is 6.38. The van der Waals surface area contributed by atoms with Gasteiger partial charge in [-0.25, -0.2) is 4.68 Å². The number of non-ortho nitro benzene ring substituents is 1. The first-order valence-electron chi connectivity index (χ1n) is 8.63. The summed E-state index contributed by atoms with van der Waals surface area (Å²) >= 11 is 0. The maximum absolute atomic E-state index is 13.2. The van der Waals surface area contributed by atoms with Crippen LogP contribution in [0.2, 0.25) is 0 Å². The van der Waals surface area contributed by atoms with E-state index in [1.807, 2.05) is 18.2 Å². The van der Waals surface area contributed by atoms with E-state index >= 15 is 0 Å². The van der Waals surface area contributed by atoms with Crippen molar-refractivity contribution in [1.82, 2.24) is 14.6 Å². The van der Waals surface area contributed by atoms with Gasteiger partial charge in [0, 0.05) is 19.2 Å². The maximum atomic E-state index is 13.2. The summed E-state index contributed by atoms with van der Waals surface area (Å²) in [5, 5.41) is 15.0. The number of para-hydroxylation sites is 1. The van der Waals surface area contributed by atoms with Gasteiger partial charge in [-0.1, -0.05) is 24.3 Å². The number of nitro groups is 1. The number of hydrogen-bond donors (Lipinski definition) is 0. The standard InChI is InChI=1S/C19H16N6O4/c1-12-16(19(26)24(22(12)2)14-8-4-3-5-9-14)23-17(18(20)29-21-23)13-7-6-10-15(11-13)25(27)28/h3-11H,1-2H3,(H-,20,21). The van der Waals surface area contributed by atoms with Crippen LogP contribution < -0.4 is 10.2 Å². The molecule has 0 fully saturated rings. The monoisotopic (exact) mass is 392 g/mol. The summed E-state index contributed by atoms with van der Waals surface area (Å²) in [7, 11) is 1.74. The molecule has 1 N–H and O–H groups in total.